The molecule has 0 aromatic rings. The highest BCUT2D eigenvalue weighted by molar-refractivity contribution is 5.73. The summed E-state index contributed by atoms with van der Waals surface area (Å²) < 4.78 is 4.91. The van der Waals surface area contributed by atoms with Crippen molar-refractivity contribution in [2.75, 3.05) is 6.61 Å². The van der Waals surface area contributed by atoms with Crippen LogP contribution in [0.25, 0.3) is 0 Å². The molecule has 0 aromatic carbocycles. The van der Waals surface area contributed by atoms with Gasteiger partial charge in [0.1, 0.15) is 6.29 Å². The van der Waals surface area contributed by atoms with Gasteiger partial charge in [0, 0.05) is 0 Å². The number of hydrogen-bond acceptors (Lipinski definition) is 3. The van der Waals surface area contributed by atoms with Crippen LogP contribution in [-0.2, 0) is 9.53 Å². The fourth-order valence-electron chi connectivity index (χ4n) is 1.09. The van der Waals surface area contributed by atoms with Gasteiger partial charge in [-0.05, 0) is 18.3 Å². The van der Waals surface area contributed by atoms with Gasteiger partial charge in [-0.1, -0.05) is 27.7 Å². The highest BCUT2D eigenvalue weighted by Gasteiger charge is 2.13. The van der Waals surface area contributed by atoms with Gasteiger partial charge in [0.2, 0.25) is 0 Å². The topological polar surface area (TPSA) is 55.4 Å². The maximum atomic E-state index is 11.2. The van der Waals surface area contributed by atoms with Crippen molar-refractivity contribution >= 4 is 12.4 Å². The van der Waals surface area contributed by atoms with Crippen LogP contribution in [0.2, 0.25) is 0 Å². The first kappa shape index (κ1) is 13.9. The van der Waals surface area contributed by atoms with Crippen molar-refractivity contribution in [3.8, 4) is 0 Å². The molecule has 4 nitrogen and oxygen atoms in total. The summed E-state index contributed by atoms with van der Waals surface area (Å²) in [5, 5.41) is 2.52. The lowest BCUT2D eigenvalue weighted by molar-refractivity contribution is -0.109. The predicted molar refractivity (Wildman–Crippen MR) is 58.6 cm³/mol. The summed E-state index contributed by atoms with van der Waals surface area (Å²) in [6, 6.07) is -0.440. The third-order valence-electron chi connectivity index (χ3n) is 1.74. The molecule has 1 atom stereocenters. The minimum absolute atomic E-state index is 0.301. The second kappa shape index (κ2) is 7.26. The summed E-state index contributed by atoms with van der Waals surface area (Å²) in [5.74, 6) is 0.668. The molecule has 1 N–H and O–H groups in total. The van der Waals surface area contributed by atoms with Crippen molar-refractivity contribution < 1.29 is 14.3 Å². The van der Waals surface area contributed by atoms with Crippen LogP contribution >= 0.6 is 0 Å². The number of carbonyl (C=O) groups is 2. The Labute approximate surface area is 91.4 Å². The maximum Gasteiger partial charge on any atom is 0.407 e. The number of alkyl carbamates (subject to hydrolysis) is 1. The molecule has 0 radical (unpaired) electrons. The summed E-state index contributed by atoms with van der Waals surface area (Å²) in [5.41, 5.74) is 0. The van der Waals surface area contributed by atoms with Crippen molar-refractivity contribution in [2.24, 2.45) is 11.8 Å². The van der Waals surface area contributed by atoms with Crippen LogP contribution in [0, 0.1) is 11.8 Å². The minimum Gasteiger partial charge on any atom is -0.449 e. The second-order valence-electron chi connectivity index (χ2n) is 4.51. The monoisotopic (exact) mass is 215 g/mol. The lowest BCUT2D eigenvalue weighted by atomic mass is 10.1. The van der Waals surface area contributed by atoms with E-state index in [2.05, 4.69) is 5.32 Å². The van der Waals surface area contributed by atoms with Crippen molar-refractivity contribution in [3.05, 3.63) is 0 Å². The minimum atomic E-state index is -0.513. The average molecular weight is 215 g/mol. The molecule has 0 unspecified atom stereocenters. The van der Waals surface area contributed by atoms with Gasteiger partial charge in [0.25, 0.3) is 0 Å². The maximum absolute atomic E-state index is 11.2. The number of ether oxygens (including phenoxy) is 1. The molecular formula is C11H21NO3. The van der Waals surface area contributed by atoms with Gasteiger partial charge < -0.3 is 14.8 Å². The Hall–Kier alpha value is -1.06. The molecule has 0 heterocycles. The number of hydrogen-bond donors (Lipinski definition) is 1. The van der Waals surface area contributed by atoms with E-state index in [0.717, 1.165) is 6.29 Å². The normalized spacial score (nSPS) is 12.7. The highest BCUT2D eigenvalue weighted by atomic mass is 16.5. The lowest BCUT2D eigenvalue weighted by Crippen LogP contribution is -2.37. The Bertz CT molecular complexity index is 202. The summed E-state index contributed by atoms with van der Waals surface area (Å²) in [7, 11) is 0. The summed E-state index contributed by atoms with van der Waals surface area (Å²) in [6.07, 6.45) is 0.873. The molecular weight excluding hydrogens is 194 g/mol. The molecule has 0 saturated heterocycles. The fraction of sp³-hybridized carbons (Fsp3) is 0.818. The van der Waals surface area contributed by atoms with E-state index < -0.39 is 12.1 Å². The summed E-state index contributed by atoms with van der Waals surface area (Å²) in [4.78, 5) is 21.8. The van der Waals surface area contributed by atoms with E-state index in [-0.39, 0.29) is 0 Å². The molecule has 0 rings (SSSR count). The molecule has 0 spiro atoms. The molecule has 0 aromatic heterocycles. The Balaban J connectivity index is 3.85. The van der Waals surface area contributed by atoms with Crippen LogP contribution < -0.4 is 5.32 Å². The first-order valence-corrected chi connectivity index (χ1v) is 5.34. The first-order chi connectivity index (χ1) is 6.95. The Morgan fingerprint density at radius 2 is 1.87 bits per heavy atom. The summed E-state index contributed by atoms with van der Waals surface area (Å²) >= 11 is 0. The third-order valence-corrected chi connectivity index (χ3v) is 1.74. The van der Waals surface area contributed by atoms with E-state index in [9.17, 15) is 9.59 Å². The number of carbonyl (C=O) groups excluding carboxylic acids is 2. The zero-order chi connectivity index (χ0) is 11.8. The predicted octanol–water partition coefficient (Wildman–Crippen LogP) is 1.98. The average Bonchev–Trinajstić information content (AvgIpc) is 2.13. The molecule has 15 heavy (non-hydrogen) atoms. The van der Waals surface area contributed by atoms with Gasteiger partial charge in [0.05, 0.1) is 12.6 Å². The van der Waals surface area contributed by atoms with Crippen LogP contribution in [0.15, 0.2) is 0 Å². The van der Waals surface area contributed by atoms with Crippen molar-refractivity contribution in [1.29, 1.82) is 0 Å². The number of rotatable bonds is 6. The largest absolute Gasteiger partial charge is 0.449 e. The fourth-order valence-corrected chi connectivity index (χ4v) is 1.09. The van der Waals surface area contributed by atoms with E-state index in [4.69, 9.17) is 4.74 Å². The first-order valence-electron chi connectivity index (χ1n) is 5.34. The Morgan fingerprint density at radius 1 is 1.27 bits per heavy atom. The molecule has 0 aliphatic carbocycles. The molecule has 0 aliphatic rings. The molecule has 0 aliphatic heterocycles. The van der Waals surface area contributed by atoms with Crippen LogP contribution in [0.3, 0.4) is 0 Å². The number of aldehydes is 1. The quantitative estimate of drug-likeness (QED) is 0.689. The van der Waals surface area contributed by atoms with Gasteiger partial charge in [0.15, 0.2) is 0 Å². The molecule has 0 bridgehead atoms. The van der Waals surface area contributed by atoms with Gasteiger partial charge in [-0.3, -0.25) is 0 Å². The Kier molecular flexibility index (Phi) is 6.75. The molecule has 0 fully saturated rings. The van der Waals surface area contributed by atoms with Crippen LogP contribution in [0.5, 0.6) is 0 Å². The molecule has 1 amide bonds. The zero-order valence-electron chi connectivity index (χ0n) is 9.95. The van der Waals surface area contributed by atoms with Gasteiger partial charge in [-0.2, -0.15) is 0 Å². The van der Waals surface area contributed by atoms with Gasteiger partial charge >= 0.3 is 6.09 Å². The van der Waals surface area contributed by atoms with Crippen LogP contribution in [0.1, 0.15) is 34.1 Å². The van der Waals surface area contributed by atoms with Crippen molar-refractivity contribution in [1.82, 2.24) is 5.32 Å². The molecule has 0 saturated carbocycles. The van der Waals surface area contributed by atoms with E-state index in [1.807, 2.05) is 27.7 Å². The second-order valence-corrected chi connectivity index (χ2v) is 4.51. The Morgan fingerprint density at radius 3 is 2.27 bits per heavy atom. The van der Waals surface area contributed by atoms with Crippen molar-refractivity contribution in [2.45, 2.75) is 40.2 Å². The van der Waals surface area contributed by atoms with E-state index >= 15 is 0 Å². The highest BCUT2D eigenvalue weighted by Crippen LogP contribution is 2.03. The van der Waals surface area contributed by atoms with E-state index in [1.54, 1.807) is 0 Å². The van der Waals surface area contributed by atoms with Crippen LogP contribution in [0.4, 0.5) is 4.79 Å². The van der Waals surface area contributed by atoms with E-state index in [0.29, 0.717) is 24.9 Å². The lowest BCUT2D eigenvalue weighted by Gasteiger charge is -2.15. The van der Waals surface area contributed by atoms with Crippen molar-refractivity contribution in [3.63, 3.8) is 0 Å². The van der Waals surface area contributed by atoms with Gasteiger partial charge in [-0.15, -0.1) is 0 Å². The van der Waals surface area contributed by atoms with Gasteiger partial charge in [-0.25, -0.2) is 4.79 Å². The zero-order valence-corrected chi connectivity index (χ0v) is 9.95. The third kappa shape index (κ3) is 7.97. The van der Waals surface area contributed by atoms with Crippen LogP contribution in [-0.4, -0.2) is 25.0 Å². The SMILES string of the molecule is CC(C)COC(=O)N[C@@H](C=O)CC(C)C. The standard InChI is InChI=1S/C11H21NO3/c1-8(2)5-10(6-13)12-11(14)15-7-9(3)4/h6,8-10H,5,7H2,1-4H3,(H,12,14)/t10-/m1/s1. The number of nitrogens with one attached hydrogen (secondary N) is 1. The summed E-state index contributed by atoms with van der Waals surface area (Å²) in [6.45, 7) is 8.28. The molecule has 88 valence electrons. The number of amides is 1. The molecule has 4 heteroatoms. The van der Waals surface area contributed by atoms with E-state index in [1.165, 1.54) is 0 Å². The smallest absolute Gasteiger partial charge is 0.407 e.